The van der Waals surface area contributed by atoms with Crippen molar-refractivity contribution in [3.63, 3.8) is 0 Å². The van der Waals surface area contributed by atoms with Crippen molar-refractivity contribution in [1.82, 2.24) is 4.90 Å². The quantitative estimate of drug-likeness (QED) is 0.763. The molecule has 0 radical (unpaired) electrons. The van der Waals surface area contributed by atoms with Gasteiger partial charge in [-0.1, -0.05) is 19.1 Å². The third kappa shape index (κ3) is 3.73. The van der Waals surface area contributed by atoms with E-state index in [9.17, 15) is 9.59 Å². The molecule has 1 fully saturated rings. The fraction of sp³-hybridized carbons (Fsp3) is 0.467. The monoisotopic (exact) mass is 275 g/mol. The molecule has 4 N–H and O–H groups in total. The zero-order valence-electron chi connectivity index (χ0n) is 11.7. The van der Waals surface area contributed by atoms with Gasteiger partial charge in [0.05, 0.1) is 6.54 Å². The summed E-state index contributed by atoms with van der Waals surface area (Å²) in [6, 6.07) is 7.29. The summed E-state index contributed by atoms with van der Waals surface area (Å²) >= 11 is 0. The predicted molar refractivity (Wildman–Crippen MR) is 77.4 cm³/mol. The Labute approximate surface area is 118 Å². The Kier molecular flexibility index (Phi) is 4.27. The predicted octanol–water partition coefficient (Wildman–Crippen LogP) is 1.13. The van der Waals surface area contributed by atoms with Crippen LogP contribution in [0, 0.1) is 11.8 Å². The molecule has 0 spiro atoms. The van der Waals surface area contributed by atoms with Crippen LogP contribution in [-0.4, -0.2) is 23.3 Å². The zero-order valence-corrected chi connectivity index (χ0v) is 11.7. The first-order chi connectivity index (χ1) is 9.47. The van der Waals surface area contributed by atoms with Crippen molar-refractivity contribution in [1.29, 1.82) is 0 Å². The van der Waals surface area contributed by atoms with Crippen LogP contribution in [0.1, 0.15) is 25.3 Å². The van der Waals surface area contributed by atoms with E-state index < -0.39 is 5.91 Å². The maximum atomic E-state index is 12.4. The van der Waals surface area contributed by atoms with Crippen LogP contribution in [0.15, 0.2) is 24.3 Å². The van der Waals surface area contributed by atoms with Crippen molar-refractivity contribution in [3.8, 4) is 0 Å². The molecule has 20 heavy (non-hydrogen) atoms. The van der Waals surface area contributed by atoms with E-state index in [0.29, 0.717) is 18.2 Å². The summed E-state index contributed by atoms with van der Waals surface area (Å²) in [5.41, 5.74) is 12.5. The summed E-state index contributed by atoms with van der Waals surface area (Å²) in [6.07, 6.45) is 2.19. The van der Waals surface area contributed by atoms with E-state index >= 15 is 0 Å². The number of primary amides is 1. The maximum absolute atomic E-state index is 12.4. The van der Waals surface area contributed by atoms with Gasteiger partial charge in [-0.2, -0.15) is 0 Å². The Morgan fingerprint density at radius 3 is 2.40 bits per heavy atom. The molecule has 5 heteroatoms. The van der Waals surface area contributed by atoms with Gasteiger partial charge in [0.2, 0.25) is 11.8 Å². The Hall–Kier alpha value is -2.04. The number of anilines is 1. The fourth-order valence-electron chi connectivity index (χ4n) is 2.33. The number of hydrogen-bond donors (Lipinski definition) is 2. The molecular formula is C15H21N3O2. The lowest BCUT2D eigenvalue weighted by molar-refractivity contribution is -0.139. The molecule has 1 aromatic carbocycles. The normalized spacial score (nSPS) is 15.7. The summed E-state index contributed by atoms with van der Waals surface area (Å²) in [7, 11) is 0. The van der Waals surface area contributed by atoms with Gasteiger partial charge in [-0.05, 0) is 36.5 Å². The van der Waals surface area contributed by atoms with Gasteiger partial charge in [-0.25, -0.2) is 0 Å². The number of carbonyl (C=O) groups is 2. The standard InChI is InChI=1S/C15H21N3O2/c1-10(12-4-5-12)15(20)18(9-14(17)19)8-11-2-6-13(16)7-3-11/h2-3,6-7,10,12H,4-5,8-9,16H2,1H3,(H2,17,19). The third-order valence-corrected chi connectivity index (χ3v) is 3.73. The molecule has 1 aromatic rings. The van der Waals surface area contributed by atoms with E-state index in [1.54, 1.807) is 12.1 Å². The van der Waals surface area contributed by atoms with Crippen molar-refractivity contribution in [2.24, 2.45) is 17.6 Å². The molecule has 2 rings (SSSR count). The second-order valence-corrected chi connectivity index (χ2v) is 5.53. The molecule has 1 atom stereocenters. The number of nitrogen functional groups attached to an aromatic ring is 1. The largest absolute Gasteiger partial charge is 0.399 e. The van der Waals surface area contributed by atoms with Gasteiger partial charge in [-0.15, -0.1) is 0 Å². The average molecular weight is 275 g/mol. The first-order valence-corrected chi connectivity index (χ1v) is 6.89. The van der Waals surface area contributed by atoms with Gasteiger partial charge in [0.25, 0.3) is 0 Å². The van der Waals surface area contributed by atoms with E-state index in [4.69, 9.17) is 11.5 Å². The van der Waals surface area contributed by atoms with Crippen LogP contribution < -0.4 is 11.5 Å². The number of hydrogen-bond acceptors (Lipinski definition) is 3. The van der Waals surface area contributed by atoms with Gasteiger partial charge in [-0.3, -0.25) is 9.59 Å². The van der Waals surface area contributed by atoms with Crippen LogP contribution in [0.3, 0.4) is 0 Å². The van der Waals surface area contributed by atoms with E-state index in [2.05, 4.69) is 0 Å². The minimum absolute atomic E-state index is 0.00289. The first kappa shape index (κ1) is 14.4. The topological polar surface area (TPSA) is 89.4 Å². The van der Waals surface area contributed by atoms with Crippen LogP contribution in [0.5, 0.6) is 0 Å². The molecule has 0 heterocycles. The van der Waals surface area contributed by atoms with E-state index in [-0.39, 0.29) is 18.4 Å². The van der Waals surface area contributed by atoms with Crippen molar-refractivity contribution < 1.29 is 9.59 Å². The highest BCUT2D eigenvalue weighted by atomic mass is 16.2. The van der Waals surface area contributed by atoms with Gasteiger partial charge < -0.3 is 16.4 Å². The number of rotatable bonds is 6. The summed E-state index contributed by atoms with van der Waals surface area (Å²) in [4.78, 5) is 25.1. The maximum Gasteiger partial charge on any atom is 0.237 e. The lowest BCUT2D eigenvalue weighted by atomic mass is 10.0. The number of amides is 2. The Bertz CT molecular complexity index is 494. The molecule has 0 aliphatic heterocycles. The number of nitrogens with two attached hydrogens (primary N) is 2. The third-order valence-electron chi connectivity index (χ3n) is 3.73. The van der Waals surface area contributed by atoms with E-state index in [0.717, 1.165) is 18.4 Å². The minimum Gasteiger partial charge on any atom is -0.399 e. The highest BCUT2D eigenvalue weighted by Gasteiger charge is 2.35. The van der Waals surface area contributed by atoms with Crippen molar-refractivity contribution in [2.45, 2.75) is 26.3 Å². The molecule has 2 amide bonds. The van der Waals surface area contributed by atoms with Gasteiger partial charge in [0.15, 0.2) is 0 Å². The molecule has 1 saturated carbocycles. The summed E-state index contributed by atoms with van der Waals surface area (Å²) in [5, 5.41) is 0. The van der Waals surface area contributed by atoms with E-state index in [1.165, 1.54) is 4.90 Å². The molecule has 1 aliphatic carbocycles. The Balaban J connectivity index is 2.07. The van der Waals surface area contributed by atoms with Crippen LogP contribution in [0.2, 0.25) is 0 Å². The molecule has 0 aromatic heterocycles. The Morgan fingerprint density at radius 2 is 1.90 bits per heavy atom. The molecule has 108 valence electrons. The van der Waals surface area contributed by atoms with Gasteiger partial charge in [0, 0.05) is 18.2 Å². The molecule has 1 unspecified atom stereocenters. The lowest BCUT2D eigenvalue weighted by Gasteiger charge is -2.24. The zero-order chi connectivity index (χ0) is 14.7. The first-order valence-electron chi connectivity index (χ1n) is 6.89. The van der Waals surface area contributed by atoms with Crippen LogP contribution >= 0.6 is 0 Å². The van der Waals surface area contributed by atoms with Crippen LogP contribution in [0.4, 0.5) is 5.69 Å². The molecular weight excluding hydrogens is 254 g/mol. The highest BCUT2D eigenvalue weighted by molar-refractivity contribution is 5.85. The SMILES string of the molecule is CC(C(=O)N(CC(N)=O)Cc1ccc(N)cc1)C1CC1. The number of nitrogens with zero attached hydrogens (tertiary/aromatic N) is 1. The smallest absolute Gasteiger partial charge is 0.237 e. The molecule has 0 saturated heterocycles. The van der Waals surface area contributed by atoms with Gasteiger partial charge in [0.1, 0.15) is 0 Å². The van der Waals surface area contributed by atoms with Crippen molar-refractivity contribution in [2.75, 3.05) is 12.3 Å². The molecule has 1 aliphatic rings. The van der Waals surface area contributed by atoms with Crippen molar-refractivity contribution in [3.05, 3.63) is 29.8 Å². The highest BCUT2D eigenvalue weighted by Crippen LogP contribution is 2.37. The minimum atomic E-state index is -0.489. The average Bonchev–Trinajstić information content (AvgIpc) is 3.22. The number of carbonyl (C=O) groups excluding carboxylic acids is 2. The van der Waals surface area contributed by atoms with Crippen LogP contribution in [-0.2, 0) is 16.1 Å². The number of benzene rings is 1. The van der Waals surface area contributed by atoms with Crippen LogP contribution in [0.25, 0.3) is 0 Å². The Morgan fingerprint density at radius 1 is 1.30 bits per heavy atom. The fourth-order valence-corrected chi connectivity index (χ4v) is 2.33. The van der Waals surface area contributed by atoms with Gasteiger partial charge >= 0.3 is 0 Å². The summed E-state index contributed by atoms with van der Waals surface area (Å²) in [6.45, 7) is 2.27. The second kappa shape index (κ2) is 5.94. The summed E-state index contributed by atoms with van der Waals surface area (Å²) < 4.78 is 0. The second-order valence-electron chi connectivity index (χ2n) is 5.53. The molecule has 0 bridgehead atoms. The molecule has 5 nitrogen and oxygen atoms in total. The summed E-state index contributed by atoms with van der Waals surface area (Å²) in [5.74, 6) is -0.0626. The van der Waals surface area contributed by atoms with Crippen molar-refractivity contribution >= 4 is 17.5 Å². The van der Waals surface area contributed by atoms with E-state index in [1.807, 2.05) is 19.1 Å². The lowest BCUT2D eigenvalue weighted by Crippen LogP contribution is -2.41.